The SMILES string of the molecule is Cc1cc(NC(=O)CN2CCN(S(=O)(=O)/C=C/c3ccccc3)CC2)n(-c2ccccc2)n1. The minimum absolute atomic E-state index is 0.160. The van der Waals surface area contributed by atoms with Crippen LogP contribution in [0.3, 0.4) is 0 Å². The number of piperazine rings is 1. The van der Waals surface area contributed by atoms with Crippen molar-refractivity contribution in [2.24, 2.45) is 0 Å². The van der Waals surface area contributed by atoms with Crippen molar-refractivity contribution < 1.29 is 13.2 Å². The van der Waals surface area contributed by atoms with Crippen molar-refractivity contribution >= 4 is 27.8 Å². The van der Waals surface area contributed by atoms with Gasteiger partial charge in [0.15, 0.2) is 0 Å². The van der Waals surface area contributed by atoms with E-state index in [0.717, 1.165) is 16.9 Å². The molecule has 33 heavy (non-hydrogen) atoms. The molecule has 2 aromatic carbocycles. The third-order valence-electron chi connectivity index (χ3n) is 5.39. The highest BCUT2D eigenvalue weighted by Crippen LogP contribution is 2.17. The first-order valence-electron chi connectivity index (χ1n) is 10.8. The van der Waals surface area contributed by atoms with Crippen molar-refractivity contribution in [2.75, 3.05) is 38.0 Å². The fourth-order valence-corrected chi connectivity index (χ4v) is 4.87. The number of benzene rings is 2. The van der Waals surface area contributed by atoms with Crippen molar-refractivity contribution in [1.82, 2.24) is 19.0 Å². The zero-order valence-corrected chi connectivity index (χ0v) is 19.3. The lowest BCUT2D eigenvalue weighted by molar-refractivity contribution is -0.117. The van der Waals surface area contributed by atoms with Gasteiger partial charge in [-0.15, -0.1) is 0 Å². The number of anilines is 1. The fraction of sp³-hybridized carbons (Fsp3) is 0.250. The first-order chi connectivity index (χ1) is 15.9. The molecule has 1 aliphatic rings. The third-order valence-corrected chi connectivity index (χ3v) is 6.96. The molecule has 8 nitrogen and oxygen atoms in total. The van der Waals surface area contributed by atoms with Crippen molar-refractivity contribution in [3.63, 3.8) is 0 Å². The van der Waals surface area contributed by atoms with Crippen LogP contribution in [0.2, 0.25) is 0 Å². The van der Waals surface area contributed by atoms with Gasteiger partial charge >= 0.3 is 0 Å². The highest BCUT2D eigenvalue weighted by Gasteiger charge is 2.26. The Hall–Kier alpha value is -3.27. The topological polar surface area (TPSA) is 87.5 Å². The molecule has 4 rings (SSSR count). The normalized spacial score (nSPS) is 15.7. The van der Waals surface area contributed by atoms with Gasteiger partial charge in [-0.05, 0) is 30.7 Å². The molecule has 2 heterocycles. The van der Waals surface area contributed by atoms with Gasteiger partial charge in [-0.2, -0.15) is 9.40 Å². The summed E-state index contributed by atoms with van der Waals surface area (Å²) in [6.07, 6.45) is 1.60. The summed E-state index contributed by atoms with van der Waals surface area (Å²) in [7, 11) is -3.50. The second-order valence-electron chi connectivity index (χ2n) is 7.90. The molecule has 0 aliphatic carbocycles. The molecular formula is C24H27N5O3S. The number of carbonyl (C=O) groups excluding carboxylic acids is 1. The number of hydrogen-bond acceptors (Lipinski definition) is 5. The first-order valence-corrected chi connectivity index (χ1v) is 12.3. The van der Waals surface area contributed by atoms with Gasteiger partial charge in [0.1, 0.15) is 5.82 Å². The first kappa shape index (κ1) is 22.9. The molecular weight excluding hydrogens is 438 g/mol. The Morgan fingerprint density at radius 2 is 1.64 bits per heavy atom. The molecule has 0 atom stereocenters. The molecule has 1 aliphatic heterocycles. The molecule has 1 saturated heterocycles. The summed E-state index contributed by atoms with van der Waals surface area (Å²) in [6.45, 7) is 3.73. The third kappa shape index (κ3) is 5.95. The van der Waals surface area contributed by atoms with Crippen LogP contribution in [0.5, 0.6) is 0 Å². The number of amides is 1. The van der Waals surface area contributed by atoms with E-state index in [4.69, 9.17) is 0 Å². The number of sulfonamides is 1. The number of nitrogens with one attached hydrogen (secondary N) is 1. The standard InChI is InChI=1S/C24H27N5O3S/c1-20-18-23(29(26-20)22-10-6-3-7-11-22)25-24(30)19-27-13-15-28(16-14-27)33(31,32)17-12-21-8-4-2-5-9-21/h2-12,17-18H,13-16,19H2,1H3,(H,25,30)/b17-12+. The maximum absolute atomic E-state index is 12.7. The maximum Gasteiger partial charge on any atom is 0.239 e. The minimum atomic E-state index is -3.50. The van der Waals surface area contributed by atoms with E-state index in [0.29, 0.717) is 32.0 Å². The highest BCUT2D eigenvalue weighted by atomic mass is 32.2. The van der Waals surface area contributed by atoms with E-state index < -0.39 is 10.0 Å². The van der Waals surface area contributed by atoms with E-state index in [9.17, 15) is 13.2 Å². The van der Waals surface area contributed by atoms with Crippen molar-refractivity contribution in [3.8, 4) is 5.69 Å². The van der Waals surface area contributed by atoms with E-state index in [1.54, 1.807) is 10.8 Å². The van der Waals surface area contributed by atoms with Crippen molar-refractivity contribution in [1.29, 1.82) is 0 Å². The molecule has 0 spiro atoms. The van der Waals surface area contributed by atoms with E-state index >= 15 is 0 Å². The molecule has 3 aromatic rings. The smallest absolute Gasteiger partial charge is 0.239 e. The Morgan fingerprint density at radius 1 is 1.00 bits per heavy atom. The molecule has 1 aromatic heterocycles. The lowest BCUT2D eigenvalue weighted by Gasteiger charge is -2.32. The fourth-order valence-electron chi connectivity index (χ4n) is 3.70. The quantitative estimate of drug-likeness (QED) is 0.580. The number of carbonyl (C=O) groups is 1. The number of rotatable bonds is 7. The van der Waals surface area contributed by atoms with E-state index in [1.807, 2.05) is 78.6 Å². The number of hydrogen-bond donors (Lipinski definition) is 1. The summed E-state index contributed by atoms with van der Waals surface area (Å²) in [5, 5.41) is 8.65. The van der Waals surface area contributed by atoms with Crippen molar-refractivity contribution in [3.05, 3.63) is 83.4 Å². The van der Waals surface area contributed by atoms with Gasteiger partial charge < -0.3 is 5.32 Å². The van der Waals surface area contributed by atoms with Crippen LogP contribution in [-0.2, 0) is 14.8 Å². The average Bonchev–Trinajstić information content (AvgIpc) is 3.19. The molecule has 172 valence electrons. The van der Waals surface area contributed by atoms with E-state index in [1.165, 1.54) is 9.71 Å². The number of nitrogens with zero attached hydrogens (tertiary/aromatic N) is 4. The second-order valence-corrected chi connectivity index (χ2v) is 9.72. The number of aromatic nitrogens is 2. The van der Waals surface area contributed by atoms with Crippen LogP contribution in [0.1, 0.15) is 11.3 Å². The Morgan fingerprint density at radius 3 is 2.30 bits per heavy atom. The number of aryl methyl sites for hydroxylation is 1. The van der Waals surface area contributed by atoms with Crippen LogP contribution in [0.15, 0.2) is 72.1 Å². The van der Waals surface area contributed by atoms with Gasteiger partial charge in [0.25, 0.3) is 0 Å². The van der Waals surface area contributed by atoms with Gasteiger partial charge in [0, 0.05) is 37.7 Å². The summed E-state index contributed by atoms with van der Waals surface area (Å²) in [5.41, 5.74) is 2.50. The molecule has 1 fully saturated rings. The molecule has 0 radical (unpaired) electrons. The average molecular weight is 466 g/mol. The van der Waals surface area contributed by atoms with Gasteiger partial charge in [0.05, 0.1) is 17.9 Å². The lowest BCUT2D eigenvalue weighted by Crippen LogP contribution is -2.50. The van der Waals surface area contributed by atoms with Crippen LogP contribution >= 0.6 is 0 Å². The monoisotopic (exact) mass is 465 g/mol. The Bertz CT molecular complexity index is 1220. The Labute approximate surface area is 194 Å². The Balaban J connectivity index is 1.32. The number of para-hydroxylation sites is 1. The van der Waals surface area contributed by atoms with Crippen LogP contribution in [0.25, 0.3) is 11.8 Å². The van der Waals surface area contributed by atoms with Gasteiger partial charge in [0.2, 0.25) is 15.9 Å². The second kappa shape index (κ2) is 10.1. The summed E-state index contributed by atoms with van der Waals surface area (Å²) in [4.78, 5) is 14.6. The van der Waals surface area contributed by atoms with Crippen LogP contribution in [0, 0.1) is 6.92 Å². The lowest BCUT2D eigenvalue weighted by atomic mass is 10.2. The molecule has 0 saturated carbocycles. The molecule has 0 bridgehead atoms. The predicted octanol–water partition coefficient (Wildman–Crippen LogP) is 2.74. The minimum Gasteiger partial charge on any atom is -0.309 e. The highest BCUT2D eigenvalue weighted by molar-refractivity contribution is 7.92. The predicted molar refractivity (Wildman–Crippen MR) is 129 cm³/mol. The van der Waals surface area contributed by atoms with Crippen LogP contribution < -0.4 is 5.32 Å². The zero-order valence-electron chi connectivity index (χ0n) is 18.5. The van der Waals surface area contributed by atoms with Crippen molar-refractivity contribution in [2.45, 2.75) is 6.92 Å². The maximum atomic E-state index is 12.7. The molecule has 1 amide bonds. The Kier molecular flexibility index (Phi) is 7.02. The zero-order chi connectivity index (χ0) is 23.3. The van der Waals surface area contributed by atoms with E-state index in [2.05, 4.69) is 10.4 Å². The van der Waals surface area contributed by atoms with Gasteiger partial charge in [-0.3, -0.25) is 9.69 Å². The van der Waals surface area contributed by atoms with Gasteiger partial charge in [-0.1, -0.05) is 48.5 Å². The van der Waals surface area contributed by atoms with Crippen LogP contribution in [-0.4, -0.2) is 66.0 Å². The summed E-state index contributed by atoms with van der Waals surface area (Å²) in [6, 6.07) is 20.8. The molecule has 1 N–H and O–H groups in total. The van der Waals surface area contributed by atoms with Gasteiger partial charge in [-0.25, -0.2) is 13.1 Å². The van der Waals surface area contributed by atoms with E-state index in [-0.39, 0.29) is 12.5 Å². The summed E-state index contributed by atoms with van der Waals surface area (Å²) in [5.74, 6) is 0.448. The summed E-state index contributed by atoms with van der Waals surface area (Å²) >= 11 is 0. The van der Waals surface area contributed by atoms with Crippen LogP contribution in [0.4, 0.5) is 5.82 Å². The molecule has 0 unspecified atom stereocenters. The molecule has 9 heteroatoms. The largest absolute Gasteiger partial charge is 0.309 e. The summed E-state index contributed by atoms with van der Waals surface area (Å²) < 4.78 is 28.4.